The fourth-order valence-corrected chi connectivity index (χ4v) is 3.48. The molecule has 146 valence electrons. The number of anilines is 1. The van der Waals surface area contributed by atoms with E-state index in [1.165, 1.54) is 6.07 Å². The summed E-state index contributed by atoms with van der Waals surface area (Å²) in [5, 5.41) is 7.77. The van der Waals surface area contributed by atoms with Crippen molar-refractivity contribution in [1.29, 1.82) is 0 Å². The quantitative estimate of drug-likeness (QED) is 0.533. The van der Waals surface area contributed by atoms with E-state index in [-0.39, 0.29) is 24.4 Å². The number of hydrogen-bond acceptors (Lipinski definition) is 4. The molecule has 4 rings (SSSR count). The minimum absolute atomic E-state index is 0.0529. The number of pyridine rings is 1. The molecule has 2 heterocycles. The number of H-pyrrole nitrogens is 1. The van der Waals surface area contributed by atoms with Crippen molar-refractivity contribution < 1.29 is 9.18 Å². The fraction of sp³-hybridized carbons (Fsp3) is 0.174. The molecule has 0 aliphatic heterocycles. The van der Waals surface area contributed by atoms with Gasteiger partial charge in [-0.05, 0) is 54.3 Å². The lowest BCUT2D eigenvalue weighted by Crippen LogP contribution is -2.09. The molecule has 29 heavy (non-hydrogen) atoms. The lowest BCUT2D eigenvalue weighted by molar-refractivity contribution is -0.117. The van der Waals surface area contributed by atoms with Gasteiger partial charge < -0.3 is 5.73 Å². The summed E-state index contributed by atoms with van der Waals surface area (Å²) < 4.78 is 14.1. The van der Waals surface area contributed by atoms with Crippen molar-refractivity contribution in [3.8, 4) is 11.3 Å². The van der Waals surface area contributed by atoms with Crippen molar-refractivity contribution in [2.45, 2.75) is 26.7 Å². The van der Waals surface area contributed by atoms with Crippen LogP contribution in [-0.4, -0.2) is 21.0 Å². The Labute approximate surface area is 167 Å². The Morgan fingerprint density at radius 2 is 1.90 bits per heavy atom. The van der Waals surface area contributed by atoms with Gasteiger partial charge >= 0.3 is 0 Å². The monoisotopic (exact) mass is 388 g/mol. The molecule has 0 aliphatic carbocycles. The van der Waals surface area contributed by atoms with Crippen molar-refractivity contribution in [2.75, 3.05) is 5.73 Å². The fourth-order valence-electron chi connectivity index (χ4n) is 3.48. The van der Waals surface area contributed by atoms with Crippen LogP contribution in [0.4, 0.5) is 10.2 Å². The largest absolute Gasteiger partial charge is 0.382 e. The van der Waals surface area contributed by atoms with Crippen LogP contribution < -0.4 is 5.73 Å². The molecular weight excluding hydrogens is 367 g/mol. The second-order valence-electron chi connectivity index (χ2n) is 7.31. The highest BCUT2D eigenvalue weighted by molar-refractivity contribution is 6.00. The summed E-state index contributed by atoms with van der Waals surface area (Å²) in [7, 11) is 0. The summed E-state index contributed by atoms with van der Waals surface area (Å²) in [5.41, 5.74) is 11.5. The number of benzene rings is 2. The minimum atomic E-state index is -0.333. The molecule has 0 spiro atoms. The van der Waals surface area contributed by atoms with Crippen LogP contribution >= 0.6 is 0 Å². The van der Waals surface area contributed by atoms with Crippen LogP contribution in [0.25, 0.3) is 22.2 Å². The molecular formula is C23H21FN4O. The van der Waals surface area contributed by atoms with Crippen LogP contribution in [-0.2, 0) is 17.6 Å². The Morgan fingerprint density at radius 1 is 1.10 bits per heavy atom. The first-order chi connectivity index (χ1) is 13.9. The van der Waals surface area contributed by atoms with E-state index in [1.807, 2.05) is 44.2 Å². The first kappa shape index (κ1) is 18.8. The van der Waals surface area contributed by atoms with Gasteiger partial charge in [0.1, 0.15) is 11.6 Å². The van der Waals surface area contributed by atoms with Crippen LogP contribution in [0.15, 0.2) is 48.7 Å². The summed E-state index contributed by atoms with van der Waals surface area (Å²) in [6, 6.07) is 12.7. The van der Waals surface area contributed by atoms with Crippen molar-refractivity contribution in [1.82, 2.24) is 15.2 Å². The molecule has 0 saturated heterocycles. The molecule has 0 bridgehead atoms. The molecule has 0 radical (unpaired) electrons. The van der Waals surface area contributed by atoms with Gasteiger partial charge in [0.15, 0.2) is 5.82 Å². The number of Topliss-reactive ketones (excluding diaryl/α,β-unsaturated/α-hetero) is 1. The number of nitrogens with zero attached hydrogens (tertiary/aromatic N) is 2. The second kappa shape index (κ2) is 7.47. The minimum Gasteiger partial charge on any atom is -0.382 e. The van der Waals surface area contributed by atoms with Gasteiger partial charge in [-0.15, -0.1) is 0 Å². The highest BCUT2D eigenvalue weighted by Gasteiger charge is 2.13. The van der Waals surface area contributed by atoms with E-state index >= 15 is 0 Å². The maximum absolute atomic E-state index is 14.1. The number of aryl methyl sites for hydroxylation is 2. The first-order valence-corrected chi connectivity index (χ1v) is 9.37. The van der Waals surface area contributed by atoms with Gasteiger partial charge in [-0.2, -0.15) is 5.10 Å². The van der Waals surface area contributed by atoms with Crippen LogP contribution in [0.5, 0.6) is 0 Å². The number of fused-ring (bicyclic) bond motifs is 1. The molecule has 6 heteroatoms. The van der Waals surface area contributed by atoms with Gasteiger partial charge in [0, 0.05) is 24.6 Å². The number of hydrogen-bond donors (Lipinski definition) is 2. The molecule has 0 aliphatic rings. The van der Waals surface area contributed by atoms with Crippen molar-refractivity contribution in [3.63, 3.8) is 0 Å². The van der Waals surface area contributed by atoms with Crippen molar-refractivity contribution >= 4 is 22.5 Å². The Bertz CT molecular complexity index is 1210. The standard InChI is InChI=1S/C23H21FN4O/c1-13-8-16(19(24)9-14(13)2)11-17(29)10-15-6-7-20(26-12-15)18-4-3-5-21-22(18)23(25)28-27-21/h3-9,12H,10-11H2,1-2H3,(H3,25,27,28). The average Bonchev–Trinajstić information content (AvgIpc) is 3.08. The second-order valence-corrected chi connectivity index (χ2v) is 7.31. The molecule has 2 aromatic heterocycles. The summed E-state index contributed by atoms with van der Waals surface area (Å²) in [6.07, 6.45) is 1.95. The zero-order chi connectivity index (χ0) is 20.5. The summed E-state index contributed by atoms with van der Waals surface area (Å²) in [6.45, 7) is 3.77. The zero-order valence-electron chi connectivity index (χ0n) is 16.3. The molecule has 5 nitrogen and oxygen atoms in total. The van der Waals surface area contributed by atoms with E-state index in [2.05, 4.69) is 15.2 Å². The van der Waals surface area contributed by atoms with Crippen LogP contribution in [0.1, 0.15) is 22.3 Å². The van der Waals surface area contributed by atoms with E-state index in [9.17, 15) is 9.18 Å². The number of halogens is 1. The number of carbonyl (C=O) groups excluding carboxylic acids is 1. The predicted molar refractivity (Wildman–Crippen MR) is 112 cm³/mol. The number of nitrogen functional groups attached to an aromatic ring is 1. The smallest absolute Gasteiger partial charge is 0.153 e. The number of nitrogens with two attached hydrogens (primary N) is 1. The Kier molecular flexibility index (Phi) is 4.84. The highest BCUT2D eigenvalue weighted by atomic mass is 19.1. The summed E-state index contributed by atoms with van der Waals surface area (Å²) in [5.74, 6) is 0.0377. The van der Waals surface area contributed by atoms with E-state index in [0.717, 1.165) is 38.9 Å². The molecule has 0 saturated carbocycles. The van der Waals surface area contributed by atoms with Gasteiger partial charge in [0.2, 0.25) is 0 Å². The normalized spacial score (nSPS) is 11.1. The van der Waals surface area contributed by atoms with E-state index in [0.29, 0.717) is 11.4 Å². The predicted octanol–water partition coefficient (Wildman–Crippen LogP) is 4.32. The van der Waals surface area contributed by atoms with Crippen molar-refractivity contribution in [2.24, 2.45) is 0 Å². The number of nitrogens with one attached hydrogen (secondary N) is 1. The topological polar surface area (TPSA) is 84.7 Å². The van der Waals surface area contributed by atoms with Crippen LogP contribution in [0.2, 0.25) is 0 Å². The lowest BCUT2D eigenvalue weighted by Gasteiger charge is -2.08. The van der Waals surface area contributed by atoms with Crippen molar-refractivity contribution in [3.05, 3.63) is 76.7 Å². The number of rotatable bonds is 5. The van der Waals surface area contributed by atoms with Gasteiger partial charge in [-0.3, -0.25) is 14.9 Å². The number of aromatic nitrogens is 3. The highest BCUT2D eigenvalue weighted by Crippen LogP contribution is 2.30. The Morgan fingerprint density at radius 3 is 2.66 bits per heavy atom. The molecule has 0 amide bonds. The number of carbonyl (C=O) groups is 1. The third-order valence-corrected chi connectivity index (χ3v) is 5.17. The first-order valence-electron chi connectivity index (χ1n) is 9.37. The number of ketones is 1. The molecule has 3 N–H and O–H groups in total. The van der Waals surface area contributed by atoms with E-state index in [4.69, 9.17) is 5.73 Å². The number of aromatic amines is 1. The third kappa shape index (κ3) is 3.74. The maximum atomic E-state index is 14.1. The van der Waals surface area contributed by atoms with Crippen LogP contribution in [0.3, 0.4) is 0 Å². The van der Waals surface area contributed by atoms with E-state index in [1.54, 1.807) is 12.3 Å². The lowest BCUT2D eigenvalue weighted by atomic mass is 9.99. The third-order valence-electron chi connectivity index (χ3n) is 5.17. The average molecular weight is 388 g/mol. The summed E-state index contributed by atoms with van der Waals surface area (Å²) >= 11 is 0. The molecule has 4 aromatic rings. The van der Waals surface area contributed by atoms with Gasteiger partial charge in [-0.25, -0.2) is 4.39 Å². The Balaban J connectivity index is 1.52. The zero-order valence-corrected chi connectivity index (χ0v) is 16.3. The maximum Gasteiger partial charge on any atom is 0.153 e. The SMILES string of the molecule is Cc1cc(F)c(CC(=O)Cc2ccc(-c3cccc4[nH]nc(N)c34)nc2)cc1C. The van der Waals surface area contributed by atoms with Gasteiger partial charge in [0.25, 0.3) is 0 Å². The van der Waals surface area contributed by atoms with Gasteiger partial charge in [0.05, 0.1) is 16.6 Å². The molecule has 2 aromatic carbocycles. The van der Waals surface area contributed by atoms with Crippen LogP contribution in [0, 0.1) is 19.7 Å². The molecule has 0 unspecified atom stereocenters. The Hall–Kier alpha value is -3.54. The molecule has 0 fully saturated rings. The van der Waals surface area contributed by atoms with E-state index < -0.39 is 0 Å². The van der Waals surface area contributed by atoms with Gasteiger partial charge in [-0.1, -0.05) is 24.3 Å². The molecule has 0 atom stereocenters. The summed E-state index contributed by atoms with van der Waals surface area (Å²) in [4.78, 5) is 16.9.